The average Bonchev–Trinajstić information content (AvgIpc) is 3.10. The largest absolute Gasteiger partial charge is 0.490 e. The number of nitrogens with zero attached hydrogens (tertiary/aromatic N) is 3. The SMILES string of the molecule is Cc1cc(-c2nc(-c3cc(C)c(OC[C@@H](O)CO)c(C)c3)no2)cc(Cl)n1. The van der Waals surface area contributed by atoms with Crippen LogP contribution in [0.2, 0.25) is 5.15 Å². The maximum absolute atomic E-state index is 9.46. The lowest BCUT2D eigenvalue weighted by Gasteiger charge is -2.15. The smallest absolute Gasteiger partial charge is 0.258 e. The molecule has 0 saturated carbocycles. The van der Waals surface area contributed by atoms with Gasteiger partial charge in [0, 0.05) is 16.8 Å². The highest BCUT2D eigenvalue weighted by Crippen LogP contribution is 2.30. The first-order chi connectivity index (χ1) is 12.9. The average molecular weight is 390 g/mol. The van der Waals surface area contributed by atoms with Crippen LogP contribution >= 0.6 is 11.6 Å². The Morgan fingerprint density at radius 2 is 1.78 bits per heavy atom. The van der Waals surface area contributed by atoms with Crippen molar-refractivity contribution in [3.8, 4) is 28.6 Å². The summed E-state index contributed by atoms with van der Waals surface area (Å²) in [5.74, 6) is 1.47. The maximum Gasteiger partial charge on any atom is 0.258 e. The fraction of sp³-hybridized carbons (Fsp3) is 0.316. The van der Waals surface area contributed by atoms with Crippen molar-refractivity contribution in [2.45, 2.75) is 26.9 Å². The summed E-state index contributed by atoms with van der Waals surface area (Å²) in [4.78, 5) is 8.58. The molecule has 0 spiro atoms. The molecule has 1 atom stereocenters. The van der Waals surface area contributed by atoms with Gasteiger partial charge in [-0.1, -0.05) is 16.8 Å². The molecule has 0 aliphatic rings. The highest BCUT2D eigenvalue weighted by atomic mass is 35.5. The second kappa shape index (κ2) is 8.04. The molecule has 3 rings (SSSR count). The van der Waals surface area contributed by atoms with Gasteiger partial charge in [0.2, 0.25) is 5.82 Å². The van der Waals surface area contributed by atoms with Gasteiger partial charge in [0.1, 0.15) is 23.6 Å². The minimum atomic E-state index is -0.918. The van der Waals surface area contributed by atoms with E-state index in [0.29, 0.717) is 28.2 Å². The molecule has 0 fully saturated rings. The zero-order chi connectivity index (χ0) is 19.6. The number of benzene rings is 1. The number of hydrogen-bond donors (Lipinski definition) is 2. The van der Waals surface area contributed by atoms with Crippen molar-refractivity contribution < 1.29 is 19.5 Å². The molecule has 2 aromatic heterocycles. The number of aromatic nitrogens is 3. The lowest BCUT2D eigenvalue weighted by Crippen LogP contribution is -2.21. The number of aliphatic hydroxyl groups excluding tert-OH is 2. The summed E-state index contributed by atoms with van der Waals surface area (Å²) in [6.45, 7) is 5.30. The summed E-state index contributed by atoms with van der Waals surface area (Å²) in [5, 5.41) is 22.8. The molecule has 3 aromatic rings. The van der Waals surface area contributed by atoms with E-state index < -0.39 is 6.10 Å². The molecule has 0 amide bonds. The molecule has 0 aliphatic carbocycles. The summed E-state index contributed by atoms with van der Waals surface area (Å²) in [6, 6.07) is 7.26. The molecule has 0 radical (unpaired) electrons. The molecule has 142 valence electrons. The van der Waals surface area contributed by atoms with Crippen LogP contribution in [0.25, 0.3) is 22.8 Å². The fourth-order valence-electron chi connectivity index (χ4n) is 2.75. The van der Waals surface area contributed by atoms with E-state index in [2.05, 4.69) is 15.1 Å². The Balaban J connectivity index is 1.88. The first-order valence-corrected chi connectivity index (χ1v) is 8.76. The highest BCUT2D eigenvalue weighted by Gasteiger charge is 2.15. The molecular formula is C19H20ClN3O4. The van der Waals surface area contributed by atoms with Crippen LogP contribution in [-0.4, -0.2) is 44.7 Å². The first-order valence-electron chi connectivity index (χ1n) is 8.39. The predicted molar refractivity (Wildman–Crippen MR) is 101 cm³/mol. The van der Waals surface area contributed by atoms with Gasteiger partial charge in [-0.3, -0.25) is 0 Å². The third-order valence-electron chi connectivity index (χ3n) is 3.94. The van der Waals surface area contributed by atoms with Crippen LogP contribution in [0.1, 0.15) is 16.8 Å². The van der Waals surface area contributed by atoms with Gasteiger partial charge in [-0.05, 0) is 56.2 Å². The molecule has 2 heterocycles. The van der Waals surface area contributed by atoms with Crippen molar-refractivity contribution in [1.82, 2.24) is 15.1 Å². The van der Waals surface area contributed by atoms with Gasteiger partial charge in [-0.2, -0.15) is 4.98 Å². The van der Waals surface area contributed by atoms with Crippen molar-refractivity contribution in [3.05, 3.63) is 46.2 Å². The van der Waals surface area contributed by atoms with Gasteiger partial charge < -0.3 is 19.5 Å². The van der Waals surface area contributed by atoms with Crippen LogP contribution < -0.4 is 4.74 Å². The second-order valence-corrected chi connectivity index (χ2v) is 6.72. The summed E-state index contributed by atoms with van der Waals surface area (Å²) in [5.41, 5.74) is 3.98. The van der Waals surface area contributed by atoms with Crippen LogP contribution in [0.3, 0.4) is 0 Å². The van der Waals surface area contributed by atoms with E-state index >= 15 is 0 Å². The Kier molecular flexibility index (Phi) is 5.74. The monoisotopic (exact) mass is 389 g/mol. The minimum Gasteiger partial charge on any atom is -0.490 e. The van der Waals surface area contributed by atoms with Crippen LogP contribution in [0.15, 0.2) is 28.8 Å². The van der Waals surface area contributed by atoms with Gasteiger partial charge in [-0.15, -0.1) is 0 Å². The van der Waals surface area contributed by atoms with Crippen molar-refractivity contribution in [1.29, 1.82) is 0 Å². The summed E-state index contributed by atoms with van der Waals surface area (Å²) < 4.78 is 11.0. The standard InChI is InChI=1S/C19H20ClN3O4/c1-10-4-13(5-11(2)17(10)26-9-15(25)8-24)18-22-19(27-23-18)14-6-12(3)21-16(20)7-14/h4-7,15,24-25H,8-9H2,1-3H3/t15-/m0/s1. The maximum atomic E-state index is 9.46. The molecule has 2 N–H and O–H groups in total. The summed E-state index contributed by atoms with van der Waals surface area (Å²) in [7, 11) is 0. The van der Waals surface area contributed by atoms with Gasteiger partial charge >= 0.3 is 0 Å². The number of halogens is 1. The molecule has 1 aromatic carbocycles. The molecule has 8 heteroatoms. The minimum absolute atomic E-state index is 0.0199. The van der Waals surface area contributed by atoms with Gasteiger partial charge in [0.25, 0.3) is 5.89 Å². The molecule has 0 bridgehead atoms. The molecule has 0 unspecified atom stereocenters. The van der Waals surface area contributed by atoms with Crippen LogP contribution in [0.5, 0.6) is 5.75 Å². The van der Waals surface area contributed by atoms with Crippen molar-refractivity contribution in [2.24, 2.45) is 0 Å². The molecule has 27 heavy (non-hydrogen) atoms. The zero-order valence-corrected chi connectivity index (χ0v) is 16.0. The molecule has 0 aliphatic heterocycles. The Hall–Kier alpha value is -2.48. The number of pyridine rings is 1. The third-order valence-corrected chi connectivity index (χ3v) is 4.14. The summed E-state index contributed by atoms with van der Waals surface area (Å²) in [6.07, 6.45) is -0.918. The van der Waals surface area contributed by atoms with E-state index in [4.69, 9.17) is 26.0 Å². The Morgan fingerprint density at radius 3 is 2.41 bits per heavy atom. The molecular weight excluding hydrogens is 370 g/mol. The van der Waals surface area contributed by atoms with E-state index in [1.165, 1.54) is 0 Å². The van der Waals surface area contributed by atoms with Gasteiger partial charge in [0.15, 0.2) is 0 Å². The number of rotatable bonds is 6. The van der Waals surface area contributed by atoms with Crippen LogP contribution in [0, 0.1) is 20.8 Å². The number of ether oxygens (including phenoxy) is 1. The van der Waals surface area contributed by atoms with Gasteiger partial charge in [-0.25, -0.2) is 4.98 Å². The second-order valence-electron chi connectivity index (χ2n) is 6.33. The van der Waals surface area contributed by atoms with E-state index in [0.717, 1.165) is 22.4 Å². The molecule has 0 saturated heterocycles. The van der Waals surface area contributed by atoms with E-state index in [1.807, 2.05) is 39.0 Å². The first kappa shape index (κ1) is 19.3. The Bertz CT molecular complexity index is 915. The van der Waals surface area contributed by atoms with Crippen molar-refractivity contribution in [3.63, 3.8) is 0 Å². The number of aryl methyl sites for hydroxylation is 3. The fourth-order valence-corrected chi connectivity index (χ4v) is 3.00. The van der Waals surface area contributed by atoms with Crippen molar-refractivity contribution >= 4 is 11.6 Å². The third kappa shape index (κ3) is 4.44. The van der Waals surface area contributed by atoms with E-state index in [1.54, 1.807) is 6.07 Å². The normalized spacial score (nSPS) is 12.2. The Labute approximate surface area is 161 Å². The van der Waals surface area contributed by atoms with Crippen LogP contribution in [-0.2, 0) is 0 Å². The quantitative estimate of drug-likeness (QED) is 0.624. The Morgan fingerprint density at radius 1 is 1.07 bits per heavy atom. The predicted octanol–water partition coefficient (Wildman–Crippen LogP) is 3.11. The van der Waals surface area contributed by atoms with Crippen LogP contribution in [0.4, 0.5) is 0 Å². The lowest BCUT2D eigenvalue weighted by molar-refractivity contribution is 0.0532. The van der Waals surface area contributed by atoms with Gasteiger partial charge in [0.05, 0.1) is 6.61 Å². The molecule has 7 nitrogen and oxygen atoms in total. The topological polar surface area (TPSA) is 102 Å². The number of aliphatic hydroxyl groups is 2. The zero-order valence-electron chi connectivity index (χ0n) is 15.2. The summed E-state index contributed by atoms with van der Waals surface area (Å²) >= 11 is 6.00. The van der Waals surface area contributed by atoms with E-state index in [9.17, 15) is 5.11 Å². The number of hydrogen-bond acceptors (Lipinski definition) is 7. The van der Waals surface area contributed by atoms with Crippen molar-refractivity contribution in [2.75, 3.05) is 13.2 Å². The highest BCUT2D eigenvalue weighted by molar-refractivity contribution is 6.29. The lowest BCUT2D eigenvalue weighted by atomic mass is 10.1. The van der Waals surface area contributed by atoms with E-state index in [-0.39, 0.29) is 13.2 Å².